The van der Waals surface area contributed by atoms with E-state index < -0.39 is 0 Å². The number of aromatic nitrogens is 1. The zero-order valence-electron chi connectivity index (χ0n) is 14.7. The Balaban J connectivity index is 2.68. The van der Waals surface area contributed by atoms with Gasteiger partial charge in [-0.3, -0.25) is 0 Å². The molecule has 3 nitrogen and oxygen atoms in total. The zero-order chi connectivity index (χ0) is 15.8. The molecule has 0 saturated carbocycles. The van der Waals surface area contributed by atoms with Crippen LogP contribution in [-0.4, -0.2) is 25.1 Å². The van der Waals surface area contributed by atoms with Crippen molar-refractivity contribution in [3.05, 3.63) is 10.6 Å². The summed E-state index contributed by atoms with van der Waals surface area (Å²) in [6.07, 6.45) is 3.48. The molecule has 0 bridgehead atoms. The summed E-state index contributed by atoms with van der Waals surface area (Å²) in [7, 11) is 2.17. The van der Waals surface area contributed by atoms with Gasteiger partial charge < -0.3 is 10.2 Å². The SMILES string of the molecule is CCCc1nc(N(C)CCC(C)C)sc1CNCC(C)C. The lowest BCUT2D eigenvalue weighted by Crippen LogP contribution is -2.19. The Morgan fingerprint density at radius 2 is 1.90 bits per heavy atom. The standard InChI is InChI=1S/C17H33N3S/c1-7-8-15-16(12-18-11-14(4)5)21-17(19-15)20(6)10-9-13(2)3/h13-14,18H,7-12H2,1-6H3. The molecule has 0 aliphatic rings. The van der Waals surface area contributed by atoms with Crippen molar-refractivity contribution in [3.63, 3.8) is 0 Å². The summed E-state index contributed by atoms with van der Waals surface area (Å²) in [6, 6.07) is 0. The molecule has 0 atom stereocenters. The molecule has 1 heterocycles. The summed E-state index contributed by atoms with van der Waals surface area (Å²) in [5.74, 6) is 1.44. The van der Waals surface area contributed by atoms with E-state index in [0.29, 0.717) is 5.92 Å². The fourth-order valence-corrected chi connectivity index (χ4v) is 3.19. The number of nitrogens with zero attached hydrogens (tertiary/aromatic N) is 2. The van der Waals surface area contributed by atoms with Gasteiger partial charge in [-0.05, 0) is 31.2 Å². The van der Waals surface area contributed by atoms with Gasteiger partial charge in [-0.2, -0.15) is 0 Å². The zero-order valence-corrected chi connectivity index (χ0v) is 15.5. The van der Waals surface area contributed by atoms with Crippen molar-refractivity contribution >= 4 is 16.5 Å². The average molecular weight is 312 g/mol. The summed E-state index contributed by atoms with van der Waals surface area (Å²) in [5, 5.41) is 4.74. The van der Waals surface area contributed by atoms with Gasteiger partial charge in [0.25, 0.3) is 0 Å². The third-order valence-corrected chi connectivity index (χ3v) is 4.67. The fourth-order valence-electron chi connectivity index (χ4n) is 2.13. The molecular weight excluding hydrogens is 278 g/mol. The third kappa shape index (κ3) is 6.79. The van der Waals surface area contributed by atoms with Crippen molar-refractivity contribution in [1.82, 2.24) is 10.3 Å². The Hall–Kier alpha value is -0.610. The number of hydrogen-bond donors (Lipinski definition) is 1. The van der Waals surface area contributed by atoms with Crippen LogP contribution in [0.5, 0.6) is 0 Å². The van der Waals surface area contributed by atoms with Crippen LogP contribution in [0.4, 0.5) is 5.13 Å². The minimum absolute atomic E-state index is 0.695. The van der Waals surface area contributed by atoms with Crippen LogP contribution >= 0.6 is 11.3 Å². The number of aryl methyl sites for hydroxylation is 1. The van der Waals surface area contributed by atoms with Crippen molar-refractivity contribution in [2.45, 2.75) is 60.4 Å². The smallest absolute Gasteiger partial charge is 0.185 e. The van der Waals surface area contributed by atoms with E-state index >= 15 is 0 Å². The van der Waals surface area contributed by atoms with Crippen LogP contribution in [0.15, 0.2) is 0 Å². The Morgan fingerprint density at radius 1 is 1.19 bits per heavy atom. The van der Waals surface area contributed by atoms with Gasteiger partial charge in [-0.25, -0.2) is 4.98 Å². The highest BCUT2D eigenvalue weighted by Crippen LogP contribution is 2.27. The molecule has 0 saturated heterocycles. The van der Waals surface area contributed by atoms with Gasteiger partial charge in [-0.1, -0.05) is 41.0 Å². The first kappa shape index (κ1) is 18.4. The summed E-state index contributed by atoms with van der Waals surface area (Å²) < 4.78 is 0. The molecule has 1 N–H and O–H groups in total. The Morgan fingerprint density at radius 3 is 2.48 bits per heavy atom. The third-order valence-electron chi connectivity index (χ3n) is 3.46. The molecule has 21 heavy (non-hydrogen) atoms. The van der Waals surface area contributed by atoms with E-state index in [-0.39, 0.29) is 0 Å². The first-order valence-corrected chi connectivity index (χ1v) is 9.16. The van der Waals surface area contributed by atoms with E-state index in [1.54, 1.807) is 0 Å². The van der Waals surface area contributed by atoms with Gasteiger partial charge >= 0.3 is 0 Å². The second-order valence-corrected chi connectivity index (χ2v) is 7.81. The largest absolute Gasteiger partial charge is 0.351 e. The van der Waals surface area contributed by atoms with Crippen LogP contribution in [0.2, 0.25) is 0 Å². The van der Waals surface area contributed by atoms with Crippen molar-refractivity contribution in [2.75, 3.05) is 25.0 Å². The van der Waals surface area contributed by atoms with E-state index in [1.165, 1.54) is 22.1 Å². The van der Waals surface area contributed by atoms with Crippen molar-refractivity contribution < 1.29 is 0 Å². The molecule has 0 radical (unpaired) electrons. The Kier molecular flexibility index (Phi) is 8.27. The van der Waals surface area contributed by atoms with Gasteiger partial charge in [0, 0.05) is 25.0 Å². The molecule has 1 rings (SSSR count). The number of nitrogens with one attached hydrogen (secondary N) is 1. The Bertz CT molecular complexity index is 399. The van der Waals surface area contributed by atoms with E-state index in [4.69, 9.17) is 4.98 Å². The quantitative estimate of drug-likeness (QED) is 0.697. The topological polar surface area (TPSA) is 28.2 Å². The second-order valence-electron chi connectivity index (χ2n) is 6.75. The molecule has 0 aromatic carbocycles. The number of thiazole rings is 1. The molecule has 0 unspecified atom stereocenters. The average Bonchev–Trinajstić information content (AvgIpc) is 2.79. The summed E-state index contributed by atoms with van der Waals surface area (Å²) in [4.78, 5) is 8.62. The summed E-state index contributed by atoms with van der Waals surface area (Å²) >= 11 is 1.86. The lowest BCUT2D eigenvalue weighted by atomic mass is 10.1. The van der Waals surface area contributed by atoms with Crippen molar-refractivity contribution in [3.8, 4) is 0 Å². The van der Waals surface area contributed by atoms with E-state index in [1.807, 2.05) is 11.3 Å². The van der Waals surface area contributed by atoms with Gasteiger partial charge in [-0.15, -0.1) is 11.3 Å². The van der Waals surface area contributed by atoms with Crippen molar-refractivity contribution in [1.29, 1.82) is 0 Å². The molecule has 0 spiro atoms. The maximum Gasteiger partial charge on any atom is 0.185 e. The monoisotopic (exact) mass is 311 g/mol. The predicted octanol–water partition coefficient (Wildman–Crippen LogP) is 4.32. The van der Waals surface area contributed by atoms with Gasteiger partial charge in [0.05, 0.1) is 5.69 Å². The second kappa shape index (κ2) is 9.42. The molecular formula is C17H33N3S. The lowest BCUT2D eigenvalue weighted by molar-refractivity contribution is 0.553. The highest BCUT2D eigenvalue weighted by Gasteiger charge is 2.13. The Labute approximate surface area is 135 Å². The molecule has 1 aromatic heterocycles. The summed E-state index contributed by atoms with van der Waals surface area (Å²) in [6.45, 7) is 14.4. The molecule has 0 amide bonds. The van der Waals surface area contributed by atoms with Crippen LogP contribution < -0.4 is 10.2 Å². The summed E-state index contributed by atoms with van der Waals surface area (Å²) in [5.41, 5.74) is 1.30. The van der Waals surface area contributed by atoms with Crippen LogP contribution in [0.25, 0.3) is 0 Å². The minimum Gasteiger partial charge on any atom is -0.351 e. The van der Waals surface area contributed by atoms with E-state index in [9.17, 15) is 0 Å². The van der Waals surface area contributed by atoms with Gasteiger partial charge in [0.1, 0.15) is 0 Å². The van der Waals surface area contributed by atoms with E-state index in [2.05, 4.69) is 51.9 Å². The highest BCUT2D eigenvalue weighted by atomic mass is 32.1. The molecule has 1 aromatic rings. The number of hydrogen-bond acceptors (Lipinski definition) is 4. The molecule has 0 aliphatic carbocycles. The maximum absolute atomic E-state index is 4.88. The predicted molar refractivity (Wildman–Crippen MR) is 95.4 cm³/mol. The van der Waals surface area contributed by atoms with Crippen LogP contribution in [-0.2, 0) is 13.0 Å². The number of rotatable bonds is 10. The van der Waals surface area contributed by atoms with Gasteiger partial charge in [0.2, 0.25) is 0 Å². The lowest BCUT2D eigenvalue weighted by Gasteiger charge is -2.16. The van der Waals surface area contributed by atoms with Crippen LogP contribution in [0, 0.1) is 11.8 Å². The first-order valence-electron chi connectivity index (χ1n) is 8.34. The van der Waals surface area contributed by atoms with Gasteiger partial charge in [0.15, 0.2) is 5.13 Å². The maximum atomic E-state index is 4.88. The van der Waals surface area contributed by atoms with Crippen LogP contribution in [0.1, 0.15) is 58.0 Å². The fraction of sp³-hybridized carbons (Fsp3) is 0.824. The molecule has 122 valence electrons. The van der Waals surface area contributed by atoms with Crippen LogP contribution in [0.3, 0.4) is 0 Å². The molecule has 4 heteroatoms. The first-order chi connectivity index (χ1) is 9.93. The molecule has 0 fully saturated rings. The number of anilines is 1. The minimum atomic E-state index is 0.695. The highest BCUT2D eigenvalue weighted by molar-refractivity contribution is 7.15. The molecule has 0 aliphatic heterocycles. The normalized spacial score (nSPS) is 11.6. The van der Waals surface area contributed by atoms with E-state index in [0.717, 1.165) is 38.4 Å². The van der Waals surface area contributed by atoms with Crippen molar-refractivity contribution in [2.24, 2.45) is 11.8 Å².